The first-order chi connectivity index (χ1) is 10.5. The predicted octanol–water partition coefficient (Wildman–Crippen LogP) is 3.41. The summed E-state index contributed by atoms with van der Waals surface area (Å²) in [4.78, 5) is 12.2. The Hall–Kier alpha value is -1.95. The molecule has 2 aromatic rings. The Bertz CT molecular complexity index is 663. The van der Waals surface area contributed by atoms with E-state index in [1.807, 2.05) is 36.2 Å². The third-order valence-corrected chi connectivity index (χ3v) is 3.72. The predicted molar refractivity (Wildman–Crippen MR) is 85.8 cm³/mol. The standard InChI is InChI=1S/C16H17ClN2O3/c1-18(10-13-5-2-3-8-15(13)17)11-16(20)12-6-4-7-14(9-12)19(21)22/h2-9,16,20H,10-11H2,1H3. The van der Waals surface area contributed by atoms with E-state index in [1.165, 1.54) is 12.1 Å². The average molecular weight is 321 g/mol. The zero-order chi connectivity index (χ0) is 16.1. The fourth-order valence-electron chi connectivity index (χ4n) is 2.23. The highest BCUT2D eigenvalue weighted by Gasteiger charge is 2.15. The zero-order valence-corrected chi connectivity index (χ0v) is 12.9. The molecule has 0 bridgehead atoms. The highest BCUT2D eigenvalue weighted by molar-refractivity contribution is 6.31. The quantitative estimate of drug-likeness (QED) is 0.654. The Morgan fingerprint density at radius 2 is 2.00 bits per heavy atom. The number of non-ortho nitro benzene ring substituents is 1. The first-order valence-corrected chi connectivity index (χ1v) is 7.19. The maximum Gasteiger partial charge on any atom is 0.269 e. The van der Waals surface area contributed by atoms with Gasteiger partial charge in [0.25, 0.3) is 5.69 Å². The van der Waals surface area contributed by atoms with Crippen molar-refractivity contribution < 1.29 is 10.0 Å². The summed E-state index contributed by atoms with van der Waals surface area (Å²) in [7, 11) is 1.86. The van der Waals surface area contributed by atoms with E-state index >= 15 is 0 Å². The van der Waals surface area contributed by atoms with E-state index in [1.54, 1.807) is 12.1 Å². The molecule has 0 saturated carbocycles. The fraction of sp³-hybridized carbons (Fsp3) is 0.250. The molecule has 0 heterocycles. The van der Waals surface area contributed by atoms with Crippen LogP contribution in [0.15, 0.2) is 48.5 Å². The molecule has 0 aromatic heterocycles. The molecule has 0 radical (unpaired) electrons. The summed E-state index contributed by atoms with van der Waals surface area (Å²) in [6, 6.07) is 13.6. The zero-order valence-electron chi connectivity index (χ0n) is 12.1. The molecular formula is C16H17ClN2O3. The summed E-state index contributed by atoms with van der Waals surface area (Å²) in [5.41, 5.74) is 1.48. The second-order valence-electron chi connectivity index (χ2n) is 5.16. The van der Waals surface area contributed by atoms with Gasteiger partial charge in [-0.25, -0.2) is 0 Å². The van der Waals surface area contributed by atoms with Crippen LogP contribution in [-0.2, 0) is 6.54 Å². The normalized spacial score (nSPS) is 12.4. The van der Waals surface area contributed by atoms with Crippen LogP contribution in [0.1, 0.15) is 17.2 Å². The lowest BCUT2D eigenvalue weighted by molar-refractivity contribution is -0.385. The molecule has 1 N–H and O–H groups in total. The fourth-order valence-corrected chi connectivity index (χ4v) is 2.42. The van der Waals surface area contributed by atoms with Crippen LogP contribution in [0.2, 0.25) is 5.02 Å². The minimum Gasteiger partial charge on any atom is -0.387 e. The monoisotopic (exact) mass is 320 g/mol. The summed E-state index contributed by atoms with van der Waals surface area (Å²) < 4.78 is 0. The second kappa shape index (κ2) is 7.35. The van der Waals surface area contributed by atoms with E-state index in [0.717, 1.165) is 5.56 Å². The molecule has 5 nitrogen and oxygen atoms in total. The maximum atomic E-state index is 10.8. The number of aliphatic hydroxyl groups excluding tert-OH is 1. The number of aliphatic hydroxyl groups is 1. The Labute approximate surface area is 133 Å². The molecule has 0 aliphatic heterocycles. The van der Waals surface area contributed by atoms with Gasteiger partial charge in [0, 0.05) is 30.2 Å². The summed E-state index contributed by atoms with van der Waals surface area (Å²) in [6.45, 7) is 0.943. The summed E-state index contributed by atoms with van der Waals surface area (Å²) >= 11 is 6.11. The van der Waals surface area contributed by atoms with Crippen molar-refractivity contribution in [2.45, 2.75) is 12.6 Å². The van der Waals surface area contributed by atoms with Gasteiger partial charge < -0.3 is 5.11 Å². The number of nitrogens with zero attached hydrogens (tertiary/aromatic N) is 2. The number of likely N-dealkylation sites (N-methyl/N-ethyl adjacent to an activating group) is 1. The SMILES string of the molecule is CN(Cc1ccccc1Cl)CC(O)c1cccc([N+](=O)[O-])c1. The molecule has 0 aliphatic carbocycles. The third-order valence-electron chi connectivity index (χ3n) is 3.35. The van der Waals surface area contributed by atoms with E-state index in [4.69, 9.17) is 11.6 Å². The molecule has 0 fully saturated rings. The molecule has 2 rings (SSSR count). The molecule has 116 valence electrons. The van der Waals surface area contributed by atoms with Gasteiger partial charge in [-0.1, -0.05) is 41.9 Å². The minimum absolute atomic E-state index is 0.0229. The van der Waals surface area contributed by atoms with Crippen molar-refractivity contribution in [1.82, 2.24) is 4.90 Å². The van der Waals surface area contributed by atoms with Gasteiger partial charge in [-0.15, -0.1) is 0 Å². The van der Waals surface area contributed by atoms with Crippen LogP contribution in [-0.4, -0.2) is 28.5 Å². The molecule has 22 heavy (non-hydrogen) atoms. The van der Waals surface area contributed by atoms with Gasteiger partial charge in [0.2, 0.25) is 0 Å². The van der Waals surface area contributed by atoms with Gasteiger partial charge in [0.1, 0.15) is 0 Å². The number of benzene rings is 2. The minimum atomic E-state index is -0.799. The van der Waals surface area contributed by atoms with Crippen LogP contribution in [0.5, 0.6) is 0 Å². The molecule has 0 saturated heterocycles. The number of nitro benzene ring substituents is 1. The van der Waals surface area contributed by atoms with Crippen LogP contribution in [0.3, 0.4) is 0 Å². The van der Waals surface area contributed by atoms with Gasteiger partial charge in [-0.05, 0) is 24.2 Å². The Morgan fingerprint density at radius 1 is 1.27 bits per heavy atom. The molecule has 2 aromatic carbocycles. The van der Waals surface area contributed by atoms with E-state index in [9.17, 15) is 15.2 Å². The van der Waals surface area contributed by atoms with Crippen molar-refractivity contribution in [1.29, 1.82) is 0 Å². The van der Waals surface area contributed by atoms with Crippen LogP contribution in [0, 0.1) is 10.1 Å². The van der Waals surface area contributed by atoms with Crippen molar-refractivity contribution in [2.24, 2.45) is 0 Å². The van der Waals surface area contributed by atoms with Crippen molar-refractivity contribution in [3.8, 4) is 0 Å². The van der Waals surface area contributed by atoms with E-state index in [-0.39, 0.29) is 5.69 Å². The second-order valence-corrected chi connectivity index (χ2v) is 5.56. The van der Waals surface area contributed by atoms with Gasteiger partial charge in [-0.3, -0.25) is 15.0 Å². The molecule has 1 unspecified atom stereocenters. The van der Waals surface area contributed by atoms with E-state index in [2.05, 4.69) is 0 Å². The average Bonchev–Trinajstić information content (AvgIpc) is 2.49. The van der Waals surface area contributed by atoms with Crippen molar-refractivity contribution in [3.05, 3.63) is 74.8 Å². The van der Waals surface area contributed by atoms with Gasteiger partial charge >= 0.3 is 0 Å². The molecule has 0 spiro atoms. The van der Waals surface area contributed by atoms with E-state index in [0.29, 0.717) is 23.7 Å². The molecule has 0 aliphatic rings. The van der Waals surface area contributed by atoms with Crippen LogP contribution >= 0.6 is 11.6 Å². The number of hydrogen-bond acceptors (Lipinski definition) is 4. The summed E-state index contributed by atoms with van der Waals surface area (Å²) in [5, 5.41) is 21.7. The lowest BCUT2D eigenvalue weighted by Gasteiger charge is -2.21. The van der Waals surface area contributed by atoms with Crippen LogP contribution < -0.4 is 0 Å². The molecule has 6 heteroatoms. The third kappa shape index (κ3) is 4.27. The first kappa shape index (κ1) is 16.4. The lowest BCUT2D eigenvalue weighted by Crippen LogP contribution is -2.24. The largest absolute Gasteiger partial charge is 0.387 e. The number of nitro groups is 1. The highest BCUT2D eigenvalue weighted by Crippen LogP contribution is 2.21. The maximum absolute atomic E-state index is 10.8. The number of halogens is 1. The molecule has 1 atom stereocenters. The number of hydrogen-bond donors (Lipinski definition) is 1. The lowest BCUT2D eigenvalue weighted by atomic mass is 10.1. The Morgan fingerprint density at radius 3 is 2.68 bits per heavy atom. The summed E-state index contributed by atoms with van der Waals surface area (Å²) in [6.07, 6.45) is -0.799. The van der Waals surface area contributed by atoms with Crippen molar-refractivity contribution >= 4 is 17.3 Å². The van der Waals surface area contributed by atoms with Crippen molar-refractivity contribution in [2.75, 3.05) is 13.6 Å². The Kier molecular flexibility index (Phi) is 5.49. The van der Waals surface area contributed by atoms with Crippen molar-refractivity contribution in [3.63, 3.8) is 0 Å². The molecule has 0 amide bonds. The van der Waals surface area contributed by atoms with Gasteiger partial charge in [0.15, 0.2) is 0 Å². The number of rotatable bonds is 6. The van der Waals surface area contributed by atoms with Gasteiger partial charge in [0.05, 0.1) is 11.0 Å². The summed E-state index contributed by atoms with van der Waals surface area (Å²) in [5.74, 6) is 0. The first-order valence-electron chi connectivity index (χ1n) is 6.81. The van der Waals surface area contributed by atoms with E-state index < -0.39 is 11.0 Å². The van der Waals surface area contributed by atoms with Crippen LogP contribution in [0.25, 0.3) is 0 Å². The van der Waals surface area contributed by atoms with Crippen LogP contribution in [0.4, 0.5) is 5.69 Å². The topological polar surface area (TPSA) is 66.6 Å². The highest BCUT2D eigenvalue weighted by atomic mass is 35.5. The van der Waals surface area contributed by atoms with Gasteiger partial charge in [-0.2, -0.15) is 0 Å². The Balaban J connectivity index is 2.02. The smallest absolute Gasteiger partial charge is 0.269 e. The molecular weight excluding hydrogens is 304 g/mol.